The zero-order valence-corrected chi connectivity index (χ0v) is 15.6. The van der Waals surface area contributed by atoms with E-state index in [1.54, 1.807) is 18.4 Å². The van der Waals surface area contributed by atoms with Gasteiger partial charge in [-0.1, -0.05) is 35.5 Å². The number of piperidine rings is 1. The molecule has 0 atom stereocenters. The molecule has 0 bridgehead atoms. The molecule has 1 aromatic carbocycles. The van der Waals surface area contributed by atoms with Crippen LogP contribution in [0.4, 0.5) is 0 Å². The second-order valence-electron chi connectivity index (χ2n) is 6.63. The Bertz CT molecular complexity index is 811. The quantitative estimate of drug-likeness (QED) is 0.664. The van der Waals surface area contributed by atoms with Gasteiger partial charge in [-0.15, -0.1) is 11.3 Å². The Balaban J connectivity index is 1.42. The van der Waals surface area contributed by atoms with Crippen molar-refractivity contribution in [3.8, 4) is 0 Å². The SMILES string of the molecule is COC1(c2nc(Cc3ccccc3)no2)CCN(Cc2cscn2)CC1. The largest absolute Gasteiger partial charge is 0.368 e. The van der Waals surface area contributed by atoms with Crippen LogP contribution in [0, 0.1) is 0 Å². The summed E-state index contributed by atoms with van der Waals surface area (Å²) in [5.41, 5.74) is 3.69. The lowest BCUT2D eigenvalue weighted by Gasteiger charge is -2.38. The molecule has 0 aliphatic carbocycles. The molecule has 7 heteroatoms. The highest BCUT2D eigenvalue weighted by molar-refractivity contribution is 7.07. The number of aromatic nitrogens is 3. The van der Waals surface area contributed by atoms with Crippen LogP contribution >= 0.6 is 11.3 Å². The summed E-state index contributed by atoms with van der Waals surface area (Å²) >= 11 is 1.64. The summed E-state index contributed by atoms with van der Waals surface area (Å²) in [6.07, 6.45) is 2.33. The number of benzene rings is 1. The van der Waals surface area contributed by atoms with Crippen molar-refractivity contribution in [1.29, 1.82) is 0 Å². The Hall–Kier alpha value is -2.09. The van der Waals surface area contributed by atoms with Crippen LogP contribution < -0.4 is 0 Å². The first-order chi connectivity index (χ1) is 12.8. The summed E-state index contributed by atoms with van der Waals surface area (Å²) in [6, 6.07) is 10.2. The molecule has 0 radical (unpaired) electrons. The van der Waals surface area contributed by atoms with Crippen LogP contribution in [-0.4, -0.2) is 40.2 Å². The second-order valence-corrected chi connectivity index (χ2v) is 7.35. The van der Waals surface area contributed by atoms with Gasteiger partial charge in [0.2, 0.25) is 0 Å². The first-order valence-electron chi connectivity index (χ1n) is 8.79. The Kier molecular flexibility index (Phi) is 5.10. The number of rotatable bonds is 6. The lowest BCUT2D eigenvalue weighted by molar-refractivity contribution is -0.0839. The van der Waals surface area contributed by atoms with Crippen molar-refractivity contribution < 1.29 is 9.26 Å². The van der Waals surface area contributed by atoms with Crippen LogP contribution in [0.2, 0.25) is 0 Å². The van der Waals surface area contributed by atoms with E-state index in [0.717, 1.165) is 38.2 Å². The number of hydrogen-bond donors (Lipinski definition) is 0. The summed E-state index contributed by atoms with van der Waals surface area (Å²) in [5, 5.41) is 6.27. The fourth-order valence-corrected chi connectivity index (χ4v) is 3.96. The van der Waals surface area contributed by atoms with Crippen LogP contribution in [0.15, 0.2) is 45.7 Å². The molecule has 1 aliphatic heterocycles. The van der Waals surface area contributed by atoms with E-state index in [9.17, 15) is 0 Å². The van der Waals surface area contributed by atoms with Crippen LogP contribution in [0.1, 0.15) is 35.8 Å². The van der Waals surface area contributed by atoms with Crippen molar-refractivity contribution in [2.75, 3.05) is 20.2 Å². The van der Waals surface area contributed by atoms with Gasteiger partial charge < -0.3 is 9.26 Å². The molecule has 6 nitrogen and oxygen atoms in total. The fourth-order valence-electron chi connectivity index (χ4n) is 3.41. The fraction of sp³-hybridized carbons (Fsp3) is 0.421. The van der Waals surface area contributed by atoms with E-state index in [0.29, 0.717) is 18.1 Å². The molecule has 136 valence electrons. The molecule has 0 spiro atoms. The number of hydrogen-bond acceptors (Lipinski definition) is 7. The van der Waals surface area contributed by atoms with Gasteiger partial charge in [-0.25, -0.2) is 4.98 Å². The highest BCUT2D eigenvalue weighted by Gasteiger charge is 2.41. The Morgan fingerprint density at radius 1 is 1.23 bits per heavy atom. The summed E-state index contributed by atoms with van der Waals surface area (Å²) in [5.74, 6) is 1.30. The number of thiazole rings is 1. The van der Waals surface area contributed by atoms with Crippen LogP contribution in [-0.2, 0) is 23.3 Å². The van der Waals surface area contributed by atoms with Gasteiger partial charge in [-0.3, -0.25) is 4.90 Å². The zero-order chi connectivity index (χ0) is 17.8. The van der Waals surface area contributed by atoms with Gasteiger partial charge in [0.15, 0.2) is 5.82 Å². The van der Waals surface area contributed by atoms with E-state index in [4.69, 9.17) is 9.26 Å². The predicted molar refractivity (Wildman–Crippen MR) is 98.9 cm³/mol. The summed E-state index contributed by atoms with van der Waals surface area (Å²) in [4.78, 5) is 11.4. The van der Waals surface area contributed by atoms with Gasteiger partial charge in [0.05, 0.1) is 11.2 Å². The topological polar surface area (TPSA) is 64.3 Å². The highest BCUT2D eigenvalue weighted by Crippen LogP contribution is 2.35. The summed E-state index contributed by atoms with van der Waals surface area (Å²) in [6.45, 7) is 2.72. The maximum Gasteiger partial charge on any atom is 0.258 e. The lowest BCUT2D eigenvalue weighted by Crippen LogP contribution is -2.43. The van der Waals surface area contributed by atoms with E-state index in [1.165, 1.54) is 5.56 Å². The minimum absolute atomic E-state index is 0.486. The molecule has 4 rings (SSSR count). The van der Waals surface area contributed by atoms with Gasteiger partial charge in [0.25, 0.3) is 5.89 Å². The van der Waals surface area contributed by atoms with Crippen molar-refractivity contribution in [1.82, 2.24) is 20.0 Å². The molecular weight excluding hydrogens is 348 g/mol. The Morgan fingerprint density at radius 3 is 2.73 bits per heavy atom. The monoisotopic (exact) mass is 370 g/mol. The van der Waals surface area contributed by atoms with Crippen LogP contribution in [0.5, 0.6) is 0 Å². The van der Waals surface area contributed by atoms with Gasteiger partial charge in [0, 0.05) is 38.5 Å². The second kappa shape index (κ2) is 7.65. The predicted octanol–water partition coefficient (Wildman–Crippen LogP) is 3.25. The minimum Gasteiger partial charge on any atom is -0.368 e. The molecule has 0 unspecified atom stereocenters. The Labute approximate surface area is 156 Å². The molecule has 1 fully saturated rings. The number of nitrogens with zero attached hydrogens (tertiary/aromatic N) is 4. The van der Waals surface area contributed by atoms with Crippen molar-refractivity contribution in [3.63, 3.8) is 0 Å². The highest BCUT2D eigenvalue weighted by atomic mass is 32.1. The zero-order valence-electron chi connectivity index (χ0n) is 14.8. The van der Waals surface area contributed by atoms with E-state index < -0.39 is 5.60 Å². The van der Waals surface area contributed by atoms with Crippen LogP contribution in [0.3, 0.4) is 0 Å². The Morgan fingerprint density at radius 2 is 2.04 bits per heavy atom. The van der Waals surface area contributed by atoms with E-state index in [2.05, 4.69) is 37.5 Å². The molecular formula is C19H22N4O2S. The molecule has 0 amide bonds. The van der Waals surface area contributed by atoms with Gasteiger partial charge >= 0.3 is 0 Å². The van der Waals surface area contributed by atoms with Gasteiger partial charge in [-0.05, 0) is 18.4 Å². The third-order valence-electron chi connectivity index (χ3n) is 4.99. The normalized spacial score (nSPS) is 17.4. The third kappa shape index (κ3) is 3.70. The number of methoxy groups -OCH3 is 1. The van der Waals surface area contributed by atoms with Crippen molar-refractivity contribution in [2.45, 2.75) is 31.4 Å². The van der Waals surface area contributed by atoms with E-state index in [1.807, 2.05) is 23.7 Å². The maximum atomic E-state index is 5.88. The molecule has 26 heavy (non-hydrogen) atoms. The molecule has 2 aromatic heterocycles. The van der Waals surface area contributed by atoms with Crippen molar-refractivity contribution in [3.05, 3.63) is 64.2 Å². The van der Waals surface area contributed by atoms with Gasteiger partial charge in [0.1, 0.15) is 5.60 Å². The molecule has 0 saturated carbocycles. The molecule has 0 N–H and O–H groups in total. The third-order valence-corrected chi connectivity index (χ3v) is 5.62. The first-order valence-corrected chi connectivity index (χ1v) is 9.73. The van der Waals surface area contributed by atoms with E-state index in [-0.39, 0.29) is 0 Å². The number of ether oxygens (including phenoxy) is 1. The maximum absolute atomic E-state index is 5.88. The molecule has 3 aromatic rings. The standard InChI is InChI=1S/C19H22N4O2S/c1-24-19(7-9-23(10-8-19)12-16-13-26-14-20-16)18-21-17(22-25-18)11-15-5-3-2-4-6-15/h2-6,13-14H,7-12H2,1H3. The smallest absolute Gasteiger partial charge is 0.258 e. The van der Waals surface area contributed by atoms with Gasteiger partial charge in [-0.2, -0.15) is 4.98 Å². The van der Waals surface area contributed by atoms with Crippen molar-refractivity contribution >= 4 is 11.3 Å². The summed E-state index contributed by atoms with van der Waals surface area (Å²) in [7, 11) is 1.73. The van der Waals surface area contributed by atoms with Crippen molar-refractivity contribution in [2.24, 2.45) is 0 Å². The molecule has 1 saturated heterocycles. The first kappa shape index (κ1) is 17.3. The number of likely N-dealkylation sites (tertiary alicyclic amines) is 1. The minimum atomic E-state index is -0.486. The average Bonchev–Trinajstić information content (AvgIpc) is 3.36. The van der Waals surface area contributed by atoms with E-state index >= 15 is 0 Å². The average molecular weight is 370 g/mol. The van der Waals surface area contributed by atoms with Crippen LogP contribution in [0.25, 0.3) is 0 Å². The molecule has 1 aliphatic rings. The lowest BCUT2D eigenvalue weighted by atomic mass is 9.90. The summed E-state index contributed by atoms with van der Waals surface area (Å²) < 4.78 is 11.5. The molecule has 3 heterocycles.